The fourth-order valence-electron chi connectivity index (χ4n) is 3.66. The molecule has 2 unspecified atom stereocenters. The van der Waals surface area contributed by atoms with Crippen molar-refractivity contribution in [2.24, 2.45) is 5.92 Å². The van der Waals surface area contributed by atoms with Gasteiger partial charge >= 0.3 is 5.97 Å². The Bertz CT molecular complexity index is 809. The largest absolute Gasteiger partial charge is 0.492 e. The zero-order chi connectivity index (χ0) is 19.9. The molecule has 1 saturated heterocycles. The molecule has 1 aliphatic rings. The van der Waals surface area contributed by atoms with Gasteiger partial charge in [-0.1, -0.05) is 42.5 Å². The van der Waals surface area contributed by atoms with E-state index >= 15 is 0 Å². The van der Waals surface area contributed by atoms with Crippen LogP contribution in [0.1, 0.15) is 31.4 Å². The van der Waals surface area contributed by atoms with Crippen molar-refractivity contribution in [2.75, 3.05) is 25.0 Å². The topological polar surface area (TPSA) is 78.9 Å². The molecular formula is C22H26N2O4. The van der Waals surface area contributed by atoms with Crippen molar-refractivity contribution < 1.29 is 19.4 Å². The van der Waals surface area contributed by atoms with E-state index in [1.807, 2.05) is 60.4 Å². The van der Waals surface area contributed by atoms with Crippen LogP contribution in [0.4, 0.5) is 5.69 Å². The molecule has 0 saturated carbocycles. The van der Waals surface area contributed by atoms with Crippen LogP contribution in [0.3, 0.4) is 0 Å². The van der Waals surface area contributed by atoms with Crippen LogP contribution in [0, 0.1) is 5.92 Å². The van der Waals surface area contributed by atoms with E-state index < -0.39 is 17.9 Å². The van der Waals surface area contributed by atoms with E-state index in [9.17, 15) is 14.7 Å². The minimum absolute atomic E-state index is 0.190. The molecule has 148 valence electrons. The molecule has 2 aromatic rings. The number of nitrogens with zero attached hydrogens (tertiary/aromatic N) is 1. The first kappa shape index (κ1) is 19.9. The highest BCUT2D eigenvalue weighted by Crippen LogP contribution is 2.30. The van der Waals surface area contributed by atoms with Crippen molar-refractivity contribution in [2.45, 2.75) is 25.8 Å². The van der Waals surface area contributed by atoms with Gasteiger partial charge in [-0.3, -0.25) is 14.5 Å². The number of benzene rings is 2. The van der Waals surface area contributed by atoms with Crippen molar-refractivity contribution >= 4 is 17.6 Å². The molecule has 2 N–H and O–H groups in total. The zero-order valence-corrected chi connectivity index (χ0v) is 16.0. The molecule has 0 aromatic heterocycles. The van der Waals surface area contributed by atoms with E-state index in [0.717, 1.165) is 12.0 Å². The number of carboxylic acids is 1. The van der Waals surface area contributed by atoms with Gasteiger partial charge < -0.3 is 15.2 Å². The van der Waals surface area contributed by atoms with E-state index in [2.05, 4.69) is 5.32 Å². The Morgan fingerprint density at radius 3 is 2.61 bits per heavy atom. The summed E-state index contributed by atoms with van der Waals surface area (Å²) < 4.78 is 5.61. The van der Waals surface area contributed by atoms with Crippen LogP contribution < -0.4 is 10.1 Å². The van der Waals surface area contributed by atoms with Gasteiger partial charge in [0, 0.05) is 6.54 Å². The smallest absolute Gasteiger partial charge is 0.307 e. The third-order valence-electron chi connectivity index (χ3n) is 4.98. The number of rotatable bonds is 7. The number of nitrogens with one attached hydrogen (secondary N) is 1. The Morgan fingerprint density at radius 1 is 1.18 bits per heavy atom. The monoisotopic (exact) mass is 382 g/mol. The first-order valence-electron chi connectivity index (χ1n) is 9.64. The molecule has 1 aliphatic heterocycles. The van der Waals surface area contributed by atoms with Crippen LogP contribution in [0.2, 0.25) is 0 Å². The van der Waals surface area contributed by atoms with E-state index in [0.29, 0.717) is 37.6 Å². The predicted octanol–water partition coefficient (Wildman–Crippen LogP) is 3.56. The van der Waals surface area contributed by atoms with E-state index in [-0.39, 0.29) is 5.91 Å². The first-order valence-corrected chi connectivity index (χ1v) is 9.64. The van der Waals surface area contributed by atoms with Crippen molar-refractivity contribution in [3.05, 3.63) is 60.2 Å². The van der Waals surface area contributed by atoms with Gasteiger partial charge in [0.1, 0.15) is 11.8 Å². The lowest BCUT2D eigenvalue weighted by Crippen LogP contribution is -2.45. The number of ether oxygens (including phenoxy) is 1. The molecule has 0 radical (unpaired) electrons. The number of anilines is 1. The number of hydrogen-bond donors (Lipinski definition) is 2. The summed E-state index contributed by atoms with van der Waals surface area (Å²) in [6, 6.07) is 16.3. The number of carboxylic acid groups (broad SMARTS) is 1. The molecule has 0 bridgehead atoms. The summed E-state index contributed by atoms with van der Waals surface area (Å²) in [7, 11) is 0. The Hall–Kier alpha value is -2.86. The standard InChI is InChI=1S/C22H26N2O4/c1-2-28-19-13-7-6-12-18(19)23-21(25)20(16-9-4-3-5-10-16)24-14-8-11-17(15-24)22(26)27/h3-7,9-10,12-13,17,20H,2,8,11,14-15H2,1H3,(H,23,25)(H,26,27). The molecule has 28 heavy (non-hydrogen) atoms. The van der Waals surface area contributed by atoms with Crippen molar-refractivity contribution in [3.63, 3.8) is 0 Å². The maximum atomic E-state index is 13.3. The Balaban J connectivity index is 1.87. The lowest BCUT2D eigenvalue weighted by Gasteiger charge is -2.36. The summed E-state index contributed by atoms with van der Waals surface area (Å²) in [6.07, 6.45) is 1.39. The highest BCUT2D eigenvalue weighted by Gasteiger charge is 2.34. The second-order valence-corrected chi connectivity index (χ2v) is 6.90. The minimum atomic E-state index is -0.807. The predicted molar refractivity (Wildman–Crippen MR) is 107 cm³/mol. The van der Waals surface area contributed by atoms with Crippen LogP contribution in [-0.4, -0.2) is 41.6 Å². The van der Waals surface area contributed by atoms with E-state index in [4.69, 9.17) is 4.74 Å². The maximum Gasteiger partial charge on any atom is 0.307 e. The fraction of sp³-hybridized carbons (Fsp3) is 0.364. The Labute approximate surface area is 165 Å². The summed E-state index contributed by atoms with van der Waals surface area (Å²) >= 11 is 0. The second-order valence-electron chi connectivity index (χ2n) is 6.90. The maximum absolute atomic E-state index is 13.3. The summed E-state index contributed by atoms with van der Waals surface area (Å²) in [5.74, 6) is -0.835. The molecule has 1 amide bonds. The Morgan fingerprint density at radius 2 is 1.89 bits per heavy atom. The molecule has 2 aromatic carbocycles. The van der Waals surface area contributed by atoms with E-state index in [1.165, 1.54) is 0 Å². The quantitative estimate of drug-likeness (QED) is 0.765. The van der Waals surface area contributed by atoms with Crippen molar-refractivity contribution in [3.8, 4) is 5.75 Å². The number of piperidine rings is 1. The molecule has 2 atom stereocenters. The second kappa shape index (κ2) is 9.37. The molecule has 0 aliphatic carbocycles. The van der Waals surface area contributed by atoms with Crippen molar-refractivity contribution in [1.82, 2.24) is 4.90 Å². The zero-order valence-electron chi connectivity index (χ0n) is 16.0. The van der Waals surface area contributed by atoms with Crippen LogP contribution in [0.5, 0.6) is 5.75 Å². The number of carbonyl (C=O) groups excluding carboxylic acids is 1. The third-order valence-corrected chi connectivity index (χ3v) is 4.98. The molecule has 0 spiro atoms. The first-order chi connectivity index (χ1) is 13.6. The number of likely N-dealkylation sites (tertiary alicyclic amines) is 1. The highest BCUT2D eigenvalue weighted by molar-refractivity contribution is 5.96. The summed E-state index contributed by atoms with van der Waals surface area (Å²) in [5.41, 5.74) is 1.46. The minimum Gasteiger partial charge on any atom is -0.492 e. The highest BCUT2D eigenvalue weighted by atomic mass is 16.5. The molecular weight excluding hydrogens is 356 g/mol. The van der Waals surface area contributed by atoms with Gasteiger partial charge in [0.25, 0.3) is 0 Å². The third kappa shape index (κ3) is 4.70. The lowest BCUT2D eigenvalue weighted by atomic mass is 9.94. The van der Waals surface area contributed by atoms with Crippen LogP contribution in [-0.2, 0) is 9.59 Å². The van der Waals surface area contributed by atoms with Crippen molar-refractivity contribution in [1.29, 1.82) is 0 Å². The summed E-state index contributed by atoms with van der Waals surface area (Å²) in [4.78, 5) is 26.8. The average molecular weight is 382 g/mol. The lowest BCUT2D eigenvalue weighted by molar-refractivity contribution is -0.144. The van der Waals surface area contributed by atoms with Gasteiger partial charge in [-0.25, -0.2) is 0 Å². The summed E-state index contributed by atoms with van der Waals surface area (Å²) in [5, 5.41) is 12.4. The molecule has 1 fully saturated rings. The normalized spacial score (nSPS) is 18.2. The van der Waals surface area contributed by atoms with Gasteiger partial charge in [0.15, 0.2) is 0 Å². The van der Waals surface area contributed by atoms with Crippen LogP contribution in [0.25, 0.3) is 0 Å². The van der Waals surface area contributed by atoms with Gasteiger partial charge in [0.05, 0.1) is 18.2 Å². The average Bonchev–Trinajstić information content (AvgIpc) is 2.71. The summed E-state index contributed by atoms with van der Waals surface area (Å²) in [6.45, 7) is 3.44. The van der Waals surface area contributed by atoms with Gasteiger partial charge in [-0.05, 0) is 44.0 Å². The number of aliphatic carboxylic acids is 1. The van der Waals surface area contributed by atoms with Gasteiger partial charge in [-0.15, -0.1) is 0 Å². The number of hydrogen-bond acceptors (Lipinski definition) is 4. The van der Waals surface area contributed by atoms with Gasteiger partial charge in [-0.2, -0.15) is 0 Å². The van der Waals surface area contributed by atoms with Gasteiger partial charge in [0.2, 0.25) is 5.91 Å². The number of para-hydroxylation sites is 2. The number of amides is 1. The molecule has 6 nitrogen and oxygen atoms in total. The van der Waals surface area contributed by atoms with Crippen LogP contribution in [0.15, 0.2) is 54.6 Å². The SMILES string of the molecule is CCOc1ccccc1NC(=O)C(c1ccccc1)N1CCCC(C(=O)O)C1. The molecule has 6 heteroatoms. The Kier molecular flexibility index (Phi) is 6.66. The fourth-order valence-corrected chi connectivity index (χ4v) is 3.66. The molecule has 1 heterocycles. The molecule has 3 rings (SSSR count). The van der Waals surface area contributed by atoms with Crippen LogP contribution >= 0.6 is 0 Å². The van der Waals surface area contributed by atoms with E-state index in [1.54, 1.807) is 6.07 Å². The number of carbonyl (C=O) groups is 2.